The number of nitrogens with zero attached hydrogens (tertiary/aromatic N) is 1. The first kappa shape index (κ1) is 16.7. The van der Waals surface area contributed by atoms with Gasteiger partial charge in [0, 0.05) is 26.6 Å². The maximum Gasteiger partial charge on any atom is 0.306 e. The second-order valence-corrected chi connectivity index (χ2v) is 5.06. The summed E-state index contributed by atoms with van der Waals surface area (Å²) in [6, 6.07) is 0. The normalized spacial score (nSPS) is 11.1. The molecule has 0 aromatic heterocycles. The molecule has 0 aromatic carbocycles. The second-order valence-electron chi connectivity index (χ2n) is 5.06. The molecule has 0 atom stereocenters. The van der Waals surface area contributed by atoms with Crippen LogP contribution in [0.25, 0.3) is 0 Å². The standard InChI is InChI=1S/C12H25N3O3/c1-12(2,3)18-10(16)6-5-7-15(11(13)14)8-9-17-4/h5-9H2,1-4H3,(H3,13,14). The predicted octanol–water partition coefficient (Wildman–Crippen LogP) is 0.950. The molecule has 6 heteroatoms. The summed E-state index contributed by atoms with van der Waals surface area (Å²) < 4.78 is 10.1. The number of guanidine groups is 1. The highest BCUT2D eigenvalue weighted by Crippen LogP contribution is 2.09. The van der Waals surface area contributed by atoms with Gasteiger partial charge in [-0.15, -0.1) is 0 Å². The first-order valence-corrected chi connectivity index (χ1v) is 6.06. The van der Waals surface area contributed by atoms with Gasteiger partial charge >= 0.3 is 5.97 Å². The number of hydrogen-bond acceptors (Lipinski definition) is 4. The lowest BCUT2D eigenvalue weighted by Crippen LogP contribution is -2.39. The number of nitrogens with two attached hydrogens (primary N) is 1. The molecule has 0 saturated carbocycles. The summed E-state index contributed by atoms with van der Waals surface area (Å²) in [5.41, 5.74) is 4.98. The molecule has 6 nitrogen and oxygen atoms in total. The van der Waals surface area contributed by atoms with Crippen LogP contribution in [0.4, 0.5) is 0 Å². The lowest BCUT2D eigenvalue weighted by molar-refractivity contribution is -0.154. The summed E-state index contributed by atoms with van der Waals surface area (Å²) in [7, 11) is 1.60. The quantitative estimate of drug-likeness (QED) is 0.404. The van der Waals surface area contributed by atoms with Crippen molar-refractivity contribution in [2.45, 2.75) is 39.2 Å². The van der Waals surface area contributed by atoms with Gasteiger partial charge < -0.3 is 20.1 Å². The van der Waals surface area contributed by atoms with Gasteiger partial charge in [-0.2, -0.15) is 0 Å². The molecule has 0 aliphatic carbocycles. The number of esters is 1. The lowest BCUT2D eigenvalue weighted by atomic mass is 10.2. The molecular weight excluding hydrogens is 234 g/mol. The van der Waals surface area contributed by atoms with Gasteiger partial charge in [-0.05, 0) is 27.2 Å². The summed E-state index contributed by atoms with van der Waals surface area (Å²) in [4.78, 5) is 13.1. The van der Waals surface area contributed by atoms with Crippen LogP contribution in [0.3, 0.4) is 0 Å². The molecule has 0 radical (unpaired) electrons. The lowest BCUT2D eigenvalue weighted by Gasteiger charge is -2.23. The summed E-state index contributed by atoms with van der Waals surface area (Å²) in [6.45, 7) is 7.13. The van der Waals surface area contributed by atoms with Gasteiger partial charge in [-0.3, -0.25) is 10.2 Å². The van der Waals surface area contributed by atoms with Gasteiger partial charge in [-0.25, -0.2) is 0 Å². The number of methoxy groups -OCH3 is 1. The fourth-order valence-electron chi connectivity index (χ4n) is 1.36. The largest absolute Gasteiger partial charge is 0.460 e. The number of nitrogens with one attached hydrogen (secondary N) is 1. The van der Waals surface area contributed by atoms with Crippen molar-refractivity contribution in [3.63, 3.8) is 0 Å². The molecule has 0 fully saturated rings. The predicted molar refractivity (Wildman–Crippen MR) is 70.4 cm³/mol. The van der Waals surface area contributed by atoms with Crippen molar-refractivity contribution in [2.24, 2.45) is 5.73 Å². The highest BCUT2D eigenvalue weighted by atomic mass is 16.6. The maximum atomic E-state index is 11.5. The van der Waals surface area contributed by atoms with E-state index in [1.165, 1.54) is 0 Å². The molecule has 3 N–H and O–H groups in total. The number of rotatable bonds is 7. The Morgan fingerprint density at radius 1 is 1.33 bits per heavy atom. The van der Waals surface area contributed by atoms with Gasteiger partial charge in [0.15, 0.2) is 5.96 Å². The van der Waals surface area contributed by atoms with E-state index < -0.39 is 5.60 Å². The molecule has 0 saturated heterocycles. The average molecular weight is 259 g/mol. The molecular formula is C12H25N3O3. The third-order valence-corrected chi connectivity index (χ3v) is 2.13. The Balaban J connectivity index is 3.92. The van der Waals surface area contributed by atoms with Crippen LogP contribution in [0.2, 0.25) is 0 Å². The number of ether oxygens (including phenoxy) is 2. The first-order chi connectivity index (χ1) is 8.26. The Bertz CT molecular complexity index is 274. The zero-order valence-electron chi connectivity index (χ0n) is 11.8. The summed E-state index contributed by atoms with van der Waals surface area (Å²) in [5, 5.41) is 7.39. The minimum absolute atomic E-state index is 0.00348. The van der Waals surface area contributed by atoms with E-state index in [4.69, 9.17) is 20.6 Å². The Morgan fingerprint density at radius 3 is 2.39 bits per heavy atom. The SMILES string of the molecule is COCCN(CCCC(=O)OC(C)(C)C)C(=N)N. The summed E-state index contributed by atoms with van der Waals surface area (Å²) in [5.74, 6) is -0.228. The highest BCUT2D eigenvalue weighted by Gasteiger charge is 2.16. The van der Waals surface area contributed by atoms with Crippen molar-refractivity contribution in [2.75, 3.05) is 26.8 Å². The number of carbonyl (C=O) groups is 1. The van der Waals surface area contributed by atoms with E-state index in [9.17, 15) is 4.79 Å². The van der Waals surface area contributed by atoms with Crippen molar-refractivity contribution in [3.8, 4) is 0 Å². The third-order valence-electron chi connectivity index (χ3n) is 2.13. The minimum Gasteiger partial charge on any atom is -0.460 e. The van der Waals surface area contributed by atoms with E-state index >= 15 is 0 Å². The molecule has 0 aliphatic rings. The summed E-state index contributed by atoms with van der Waals surface area (Å²) in [6.07, 6.45) is 0.937. The van der Waals surface area contributed by atoms with E-state index in [2.05, 4.69) is 0 Å². The minimum atomic E-state index is -0.451. The molecule has 0 spiro atoms. The van der Waals surface area contributed by atoms with Crippen LogP contribution >= 0.6 is 0 Å². The zero-order valence-corrected chi connectivity index (χ0v) is 11.8. The fraction of sp³-hybridized carbons (Fsp3) is 0.833. The van der Waals surface area contributed by atoms with E-state index in [1.54, 1.807) is 12.0 Å². The second kappa shape index (κ2) is 7.92. The van der Waals surface area contributed by atoms with E-state index in [0.29, 0.717) is 32.5 Å². The van der Waals surface area contributed by atoms with Crippen LogP contribution in [-0.2, 0) is 14.3 Å². The average Bonchev–Trinajstić information content (AvgIpc) is 2.19. The van der Waals surface area contributed by atoms with Crippen LogP contribution in [0.15, 0.2) is 0 Å². The fourth-order valence-corrected chi connectivity index (χ4v) is 1.36. The molecule has 0 amide bonds. The van der Waals surface area contributed by atoms with Crippen molar-refractivity contribution in [1.82, 2.24) is 4.90 Å². The Kier molecular flexibility index (Phi) is 7.35. The molecule has 18 heavy (non-hydrogen) atoms. The van der Waals surface area contributed by atoms with Crippen LogP contribution in [0.5, 0.6) is 0 Å². The molecule has 106 valence electrons. The Morgan fingerprint density at radius 2 is 1.94 bits per heavy atom. The monoisotopic (exact) mass is 259 g/mol. The van der Waals surface area contributed by atoms with Gasteiger partial charge in [0.05, 0.1) is 6.61 Å². The van der Waals surface area contributed by atoms with Crippen LogP contribution in [-0.4, -0.2) is 49.2 Å². The molecule has 0 heterocycles. The van der Waals surface area contributed by atoms with Crippen LogP contribution < -0.4 is 5.73 Å². The molecule has 0 aliphatic heterocycles. The van der Waals surface area contributed by atoms with Crippen LogP contribution in [0, 0.1) is 5.41 Å². The van der Waals surface area contributed by atoms with Gasteiger partial charge in [-0.1, -0.05) is 0 Å². The number of hydrogen-bond donors (Lipinski definition) is 2. The van der Waals surface area contributed by atoms with E-state index in [-0.39, 0.29) is 11.9 Å². The van der Waals surface area contributed by atoms with Crippen molar-refractivity contribution < 1.29 is 14.3 Å². The molecule has 0 aromatic rings. The molecule has 0 unspecified atom stereocenters. The van der Waals surface area contributed by atoms with Crippen LogP contribution in [0.1, 0.15) is 33.6 Å². The van der Waals surface area contributed by atoms with Crippen molar-refractivity contribution in [3.05, 3.63) is 0 Å². The van der Waals surface area contributed by atoms with Crippen molar-refractivity contribution >= 4 is 11.9 Å². The topological polar surface area (TPSA) is 88.6 Å². The van der Waals surface area contributed by atoms with E-state index in [1.807, 2.05) is 20.8 Å². The van der Waals surface area contributed by atoms with E-state index in [0.717, 1.165) is 0 Å². The maximum absolute atomic E-state index is 11.5. The third kappa shape index (κ3) is 8.81. The van der Waals surface area contributed by atoms with Crippen molar-refractivity contribution in [1.29, 1.82) is 5.41 Å². The Hall–Kier alpha value is -1.30. The number of carbonyl (C=O) groups excluding carboxylic acids is 1. The summed E-state index contributed by atoms with van der Waals surface area (Å²) >= 11 is 0. The Labute approximate surface area is 109 Å². The molecule has 0 bridgehead atoms. The molecule has 0 rings (SSSR count). The zero-order chi connectivity index (χ0) is 14.2. The van der Waals surface area contributed by atoms with Gasteiger partial charge in [0.25, 0.3) is 0 Å². The first-order valence-electron chi connectivity index (χ1n) is 6.06. The van der Waals surface area contributed by atoms with Gasteiger partial charge in [0.1, 0.15) is 5.60 Å². The highest BCUT2D eigenvalue weighted by molar-refractivity contribution is 5.74. The smallest absolute Gasteiger partial charge is 0.306 e. The van der Waals surface area contributed by atoms with Gasteiger partial charge in [0.2, 0.25) is 0 Å².